The maximum absolute atomic E-state index is 11.3. The molecule has 1 aromatic rings. The standard InChI is InChI=1S/C10H14N2O3S2/c1-15-7-8-9(6-13)16-10(11-8)12-2-4-17(14)5-3-12/h6H,2-5,7H2,1H3. The Bertz CT molecular complexity index is 423. The third-order valence-electron chi connectivity index (χ3n) is 2.55. The van der Waals surface area contributed by atoms with Gasteiger partial charge in [-0.2, -0.15) is 0 Å². The Morgan fingerprint density at radius 3 is 2.82 bits per heavy atom. The van der Waals surface area contributed by atoms with Crippen LogP contribution < -0.4 is 4.90 Å². The predicted octanol–water partition coefficient (Wildman–Crippen LogP) is 0.671. The summed E-state index contributed by atoms with van der Waals surface area (Å²) in [6.07, 6.45) is 0.817. The molecule has 1 fully saturated rings. The van der Waals surface area contributed by atoms with Crippen molar-refractivity contribution in [1.29, 1.82) is 0 Å². The molecular formula is C10H14N2O3S2. The van der Waals surface area contributed by atoms with Crippen LogP contribution in [0.15, 0.2) is 0 Å². The Morgan fingerprint density at radius 2 is 2.24 bits per heavy atom. The SMILES string of the molecule is COCc1nc(N2CCS(=O)CC2)sc1C=O. The Kier molecular flexibility index (Phi) is 4.25. The molecule has 5 nitrogen and oxygen atoms in total. The Morgan fingerprint density at radius 1 is 1.53 bits per heavy atom. The van der Waals surface area contributed by atoms with E-state index in [2.05, 4.69) is 9.88 Å². The molecule has 7 heteroatoms. The Hall–Kier alpha value is -0.790. The molecule has 2 heterocycles. The van der Waals surface area contributed by atoms with Crippen molar-refractivity contribution in [3.63, 3.8) is 0 Å². The number of hydrogen-bond donors (Lipinski definition) is 0. The van der Waals surface area contributed by atoms with E-state index in [4.69, 9.17) is 4.74 Å². The van der Waals surface area contributed by atoms with E-state index in [0.29, 0.717) is 28.7 Å². The number of carbonyl (C=O) groups is 1. The van der Waals surface area contributed by atoms with Crippen molar-refractivity contribution in [1.82, 2.24) is 4.98 Å². The highest BCUT2D eigenvalue weighted by Crippen LogP contribution is 2.26. The molecule has 0 unspecified atom stereocenters. The first kappa shape index (κ1) is 12.7. The van der Waals surface area contributed by atoms with E-state index in [9.17, 15) is 9.00 Å². The normalized spacial score (nSPS) is 17.4. The second-order valence-electron chi connectivity index (χ2n) is 3.69. The highest BCUT2D eigenvalue weighted by molar-refractivity contribution is 7.85. The van der Waals surface area contributed by atoms with Crippen LogP contribution in [0.25, 0.3) is 0 Å². The topological polar surface area (TPSA) is 59.5 Å². The second-order valence-corrected chi connectivity index (χ2v) is 6.40. The molecule has 0 N–H and O–H groups in total. The lowest BCUT2D eigenvalue weighted by molar-refractivity contribution is 0.112. The molecule has 94 valence electrons. The fourth-order valence-corrected chi connectivity index (χ4v) is 3.63. The molecule has 0 atom stereocenters. The zero-order chi connectivity index (χ0) is 12.3. The molecule has 0 radical (unpaired) electrons. The monoisotopic (exact) mass is 274 g/mol. The predicted molar refractivity (Wildman–Crippen MR) is 68.3 cm³/mol. The molecule has 2 rings (SSSR count). The average molecular weight is 274 g/mol. The van der Waals surface area contributed by atoms with Crippen LogP contribution >= 0.6 is 11.3 Å². The molecular weight excluding hydrogens is 260 g/mol. The number of carbonyl (C=O) groups excluding carboxylic acids is 1. The minimum atomic E-state index is -0.697. The van der Waals surface area contributed by atoms with E-state index in [-0.39, 0.29) is 0 Å². The smallest absolute Gasteiger partial charge is 0.186 e. The van der Waals surface area contributed by atoms with E-state index in [1.807, 2.05) is 0 Å². The molecule has 1 saturated heterocycles. The number of hydrogen-bond acceptors (Lipinski definition) is 6. The Balaban J connectivity index is 2.15. The molecule has 0 spiro atoms. The first-order chi connectivity index (χ1) is 8.24. The first-order valence-corrected chi connectivity index (χ1v) is 7.58. The highest BCUT2D eigenvalue weighted by Gasteiger charge is 2.20. The van der Waals surface area contributed by atoms with Gasteiger partial charge in [-0.3, -0.25) is 9.00 Å². The number of anilines is 1. The molecule has 0 amide bonds. The van der Waals surface area contributed by atoms with Crippen molar-refractivity contribution in [3.8, 4) is 0 Å². The third-order valence-corrected chi connectivity index (χ3v) is 4.91. The maximum atomic E-state index is 11.3. The van der Waals surface area contributed by atoms with Gasteiger partial charge in [0.25, 0.3) is 0 Å². The van der Waals surface area contributed by atoms with Crippen LogP contribution in [0.4, 0.5) is 5.13 Å². The lowest BCUT2D eigenvalue weighted by Gasteiger charge is -2.25. The van der Waals surface area contributed by atoms with Gasteiger partial charge in [0.05, 0.1) is 17.2 Å². The molecule has 1 aromatic heterocycles. The fraction of sp³-hybridized carbons (Fsp3) is 0.600. The van der Waals surface area contributed by atoms with Crippen LogP contribution in [-0.2, 0) is 22.1 Å². The van der Waals surface area contributed by atoms with Crippen molar-refractivity contribution in [3.05, 3.63) is 10.6 Å². The highest BCUT2D eigenvalue weighted by atomic mass is 32.2. The quantitative estimate of drug-likeness (QED) is 0.755. The zero-order valence-electron chi connectivity index (χ0n) is 9.55. The van der Waals surface area contributed by atoms with Gasteiger partial charge in [0.15, 0.2) is 11.4 Å². The van der Waals surface area contributed by atoms with E-state index in [1.54, 1.807) is 7.11 Å². The van der Waals surface area contributed by atoms with Crippen molar-refractivity contribution in [2.24, 2.45) is 0 Å². The summed E-state index contributed by atoms with van der Waals surface area (Å²) in [5, 5.41) is 0.829. The molecule has 17 heavy (non-hydrogen) atoms. The van der Waals surface area contributed by atoms with E-state index in [0.717, 1.165) is 24.5 Å². The summed E-state index contributed by atoms with van der Waals surface area (Å²) in [5.41, 5.74) is 0.689. The first-order valence-electron chi connectivity index (χ1n) is 5.28. The summed E-state index contributed by atoms with van der Waals surface area (Å²) in [4.78, 5) is 18.0. The van der Waals surface area contributed by atoms with Gasteiger partial charge in [0, 0.05) is 42.5 Å². The van der Waals surface area contributed by atoms with Crippen molar-refractivity contribution in [2.75, 3.05) is 36.6 Å². The third kappa shape index (κ3) is 2.91. The average Bonchev–Trinajstić information content (AvgIpc) is 2.74. The van der Waals surface area contributed by atoms with Gasteiger partial charge >= 0.3 is 0 Å². The molecule has 0 saturated carbocycles. The van der Waals surface area contributed by atoms with Gasteiger partial charge in [0.1, 0.15) is 0 Å². The van der Waals surface area contributed by atoms with Gasteiger partial charge in [-0.1, -0.05) is 11.3 Å². The number of aldehydes is 1. The molecule has 1 aliphatic rings. The van der Waals surface area contributed by atoms with Crippen LogP contribution in [0.1, 0.15) is 15.4 Å². The summed E-state index contributed by atoms with van der Waals surface area (Å²) in [7, 11) is 0.884. The minimum absolute atomic E-state index is 0.352. The van der Waals surface area contributed by atoms with E-state index >= 15 is 0 Å². The maximum Gasteiger partial charge on any atom is 0.186 e. The fourth-order valence-electron chi connectivity index (χ4n) is 1.65. The van der Waals surface area contributed by atoms with E-state index in [1.165, 1.54) is 11.3 Å². The number of nitrogens with zero attached hydrogens (tertiary/aromatic N) is 2. The van der Waals surface area contributed by atoms with Gasteiger partial charge in [-0.25, -0.2) is 4.98 Å². The number of methoxy groups -OCH3 is 1. The molecule has 1 aliphatic heterocycles. The van der Waals surface area contributed by atoms with Crippen LogP contribution in [0.3, 0.4) is 0 Å². The molecule has 0 aliphatic carbocycles. The number of rotatable bonds is 4. The summed E-state index contributed by atoms with van der Waals surface area (Å²) >= 11 is 1.38. The second kappa shape index (κ2) is 5.70. The van der Waals surface area contributed by atoms with E-state index < -0.39 is 10.8 Å². The lowest BCUT2D eigenvalue weighted by atomic mass is 10.4. The summed E-state index contributed by atoms with van der Waals surface area (Å²) in [5.74, 6) is 1.35. The Labute approximate surface area is 106 Å². The van der Waals surface area contributed by atoms with Gasteiger partial charge < -0.3 is 9.64 Å². The summed E-state index contributed by atoms with van der Waals surface area (Å²) in [6, 6.07) is 0. The van der Waals surface area contributed by atoms with Crippen LogP contribution in [0.2, 0.25) is 0 Å². The van der Waals surface area contributed by atoms with Crippen molar-refractivity contribution < 1.29 is 13.7 Å². The van der Waals surface area contributed by atoms with Gasteiger partial charge in [-0.15, -0.1) is 0 Å². The van der Waals surface area contributed by atoms with Gasteiger partial charge in [-0.05, 0) is 0 Å². The molecule has 0 bridgehead atoms. The van der Waals surface area contributed by atoms with Crippen LogP contribution in [-0.4, -0.2) is 47.2 Å². The number of thiazole rings is 1. The van der Waals surface area contributed by atoms with Crippen molar-refractivity contribution in [2.45, 2.75) is 6.61 Å². The summed E-state index contributed by atoms with van der Waals surface area (Å²) < 4.78 is 16.3. The molecule has 0 aromatic carbocycles. The van der Waals surface area contributed by atoms with Crippen LogP contribution in [0, 0.1) is 0 Å². The van der Waals surface area contributed by atoms with Crippen LogP contribution in [0.5, 0.6) is 0 Å². The minimum Gasteiger partial charge on any atom is -0.378 e. The van der Waals surface area contributed by atoms with Crippen molar-refractivity contribution >= 4 is 33.6 Å². The zero-order valence-corrected chi connectivity index (χ0v) is 11.2. The summed E-state index contributed by atoms with van der Waals surface area (Å²) in [6.45, 7) is 1.83. The lowest BCUT2D eigenvalue weighted by Crippen LogP contribution is -2.37. The largest absolute Gasteiger partial charge is 0.378 e. The number of aromatic nitrogens is 1. The number of ether oxygens (including phenoxy) is 1. The van der Waals surface area contributed by atoms with Gasteiger partial charge in [0.2, 0.25) is 0 Å².